The van der Waals surface area contributed by atoms with Crippen LogP contribution in [0.5, 0.6) is 0 Å². The van der Waals surface area contributed by atoms with Gasteiger partial charge < -0.3 is 10.7 Å². The maximum absolute atomic E-state index is 6.18. The van der Waals surface area contributed by atoms with Crippen LogP contribution in [-0.4, -0.2) is 26.2 Å². The molecule has 2 heterocycles. The first-order valence-corrected chi connectivity index (χ1v) is 10.1. The largest absolute Gasteiger partial charge is 0.397 e. The van der Waals surface area contributed by atoms with Gasteiger partial charge in [-0.05, 0) is 41.8 Å². The highest BCUT2D eigenvalue weighted by molar-refractivity contribution is 5.85. The number of aromatic nitrogens is 4. The van der Waals surface area contributed by atoms with Crippen LogP contribution in [-0.2, 0) is 5.41 Å². The Bertz CT molecular complexity index is 1210. The number of hydrogen-bond donors (Lipinski definition) is 2. The van der Waals surface area contributed by atoms with Gasteiger partial charge in [-0.15, -0.1) is 0 Å². The first kappa shape index (κ1) is 19.8. The highest BCUT2D eigenvalue weighted by Gasteiger charge is 2.16. The molecular weight excluding hydrogens is 372 g/mol. The van der Waals surface area contributed by atoms with E-state index in [2.05, 4.69) is 52.8 Å². The van der Waals surface area contributed by atoms with Gasteiger partial charge in [-0.3, -0.25) is 9.98 Å². The Morgan fingerprint density at radius 1 is 1.03 bits per heavy atom. The molecule has 6 nitrogen and oxygen atoms in total. The van der Waals surface area contributed by atoms with Gasteiger partial charge in [-0.1, -0.05) is 39.8 Å². The number of imidazole rings is 1. The Kier molecular flexibility index (Phi) is 5.08. The van der Waals surface area contributed by atoms with Crippen LogP contribution in [0.4, 0.5) is 11.4 Å². The zero-order chi connectivity index (χ0) is 21.3. The number of benzene rings is 2. The topological polar surface area (TPSA) is 92.8 Å². The third kappa shape index (κ3) is 3.94. The highest BCUT2D eigenvalue weighted by atomic mass is 15.0. The van der Waals surface area contributed by atoms with E-state index in [0.717, 1.165) is 45.7 Å². The predicted molar refractivity (Wildman–Crippen MR) is 124 cm³/mol. The number of nitrogens with one attached hydrogen (secondary N) is 1. The summed E-state index contributed by atoms with van der Waals surface area (Å²) in [6.07, 6.45) is 6.33. The van der Waals surface area contributed by atoms with Gasteiger partial charge in [0.15, 0.2) is 5.82 Å². The van der Waals surface area contributed by atoms with Crippen LogP contribution >= 0.6 is 0 Å². The third-order valence-corrected chi connectivity index (χ3v) is 4.92. The van der Waals surface area contributed by atoms with Crippen molar-refractivity contribution in [1.29, 1.82) is 0 Å². The molecule has 6 heteroatoms. The molecule has 0 aliphatic rings. The molecule has 0 aliphatic heterocycles. The molecule has 2 aromatic heterocycles. The number of hydrogen-bond acceptors (Lipinski definition) is 5. The van der Waals surface area contributed by atoms with Crippen molar-refractivity contribution >= 4 is 28.6 Å². The van der Waals surface area contributed by atoms with Crippen molar-refractivity contribution in [3.05, 3.63) is 54.5 Å². The van der Waals surface area contributed by atoms with Gasteiger partial charge in [0.1, 0.15) is 5.69 Å². The Labute approximate surface area is 176 Å². The molecular formula is C24H26N6. The Morgan fingerprint density at radius 2 is 1.80 bits per heavy atom. The quantitative estimate of drug-likeness (QED) is 0.342. The van der Waals surface area contributed by atoms with E-state index in [-0.39, 0.29) is 5.41 Å². The zero-order valence-corrected chi connectivity index (χ0v) is 17.8. The average Bonchev–Trinajstić information content (AvgIpc) is 3.15. The number of fused-ring (bicyclic) bond motifs is 1. The number of nitrogen functional groups attached to an aromatic ring is 1. The van der Waals surface area contributed by atoms with Gasteiger partial charge >= 0.3 is 0 Å². The molecule has 0 amide bonds. The molecule has 4 rings (SSSR count). The van der Waals surface area contributed by atoms with Crippen LogP contribution in [0.3, 0.4) is 0 Å². The molecule has 0 spiro atoms. The standard InChI is InChI=1S/C24H26N6/c1-5-10-26-18-8-6-15(11-17(18)25)16-7-9-19-20(12-16)30-23(29-19)21-13-28-22(14-27-21)24(2,3)4/h6-14H,5,25H2,1-4H3,(H,29,30)/b26-10+. The van der Waals surface area contributed by atoms with Gasteiger partial charge in [0.2, 0.25) is 0 Å². The number of anilines is 1. The van der Waals surface area contributed by atoms with Gasteiger partial charge in [0.05, 0.1) is 34.3 Å². The van der Waals surface area contributed by atoms with Crippen molar-refractivity contribution in [3.63, 3.8) is 0 Å². The maximum atomic E-state index is 6.18. The average molecular weight is 399 g/mol. The van der Waals surface area contributed by atoms with Crippen LogP contribution < -0.4 is 5.73 Å². The molecule has 0 fully saturated rings. The molecule has 0 radical (unpaired) electrons. The number of H-pyrrole nitrogens is 1. The molecule has 2 aromatic carbocycles. The minimum absolute atomic E-state index is 0.0342. The lowest BCUT2D eigenvalue weighted by atomic mass is 9.93. The molecule has 0 saturated heterocycles. The van der Waals surface area contributed by atoms with E-state index in [1.54, 1.807) is 6.20 Å². The van der Waals surface area contributed by atoms with Crippen LogP contribution in [0.25, 0.3) is 33.7 Å². The molecule has 152 valence electrons. The fourth-order valence-corrected chi connectivity index (χ4v) is 3.19. The van der Waals surface area contributed by atoms with Crippen molar-refractivity contribution < 1.29 is 0 Å². The smallest absolute Gasteiger partial charge is 0.158 e. The van der Waals surface area contributed by atoms with Gasteiger partial charge in [-0.25, -0.2) is 9.97 Å². The number of rotatable bonds is 4. The van der Waals surface area contributed by atoms with E-state index >= 15 is 0 Å². The summed E-state index contributed by atoms with van der Waals surface area (Å²) in [5.41, 5.74) is 13.2. The Morgan fingerprint density at radius 3 is 2.47 bits per heavy atom. The molecule has 30 heavy (non-hydrogen) atoms. The van der Waals surface area contributed by atoms with Gasteiger partial charge in [0.25, 0.3) is 0 Å². The molecule has 0 aliphatic carbocycles. The number of nitrogens with zero attached hydrogens (tertiary/aromatic N) is 4. The Hall–Kier alpha value is -3.54. The summed E-state index contributed by atoms with van der Waals surface area (Å²) in [4.78, 5) is 21.6. The monoisotopic (exact) mass is 398 g/mol. The first-order valence-electron chi connectivity index (χ1n) is 10.1. The maximum Gasteiger partial charge on any atom is 0.158 e. The fourth-order valence-electron chi connectivity index (χ4n) is 3.19. The number of aliphatic imine (C=N–C) groups is 1. The fraction of sp³-hybridized carbons (Fsp3) is 0.250. The van der Waals surface area contributed by atoms with Crippen molar-refractivity contribution in [1.82, 2.24) is 19.9 Å². The lowest BCUT2D eigenvalue weighted by Crippen LogP contribution is -2.13. The lowest BCUT2D eigenvalue weighted by Gasteiger charge is -2.16. The van der Waals surface area contributed by atoms with E-state index in [4.69, 9.17) is 10.7 Å². The molecule has 0 atom stereocenters. The second-order valence-corrected chi connectivity index (χ2v) is 8.35. The molecule has 0 unspecified atom stereocenters. The van der Waals surface area contributed by atoms with E-state index in [1.807, 2.05) is 43.6 Å². The van der Waals surface area contributed by atoms with Crippen molar-refractivity contribution in [2.24, 2.45) is 4.99 Å². The summed E-state index contributed by atoms with van der Waals surface area (Å²) in [5, 5.41) is 0. The van der Waals surface area contributed by atoms with E-state index in [9.17, 15) is 0 Å². The van der Waals surface area contributed by atoms with Crippen molar-refractivity contribution in [2.45, 2.75) is 39.5 Å². The zero-order valence-electron chi connectivity index (χ0n) is 17.8. The first-order chi connectivity index (χ1) is 14.3. The second kappa shape index (κ2) is 7.71. The van der Waals surface area contributed by atoms with Gasteiger partial charge in [0, 0.05) is 17.8 Å². The van der Waals surface area contributed by atoms with E-state index in [1.165, 1.54) is 0 Å². The summed E-state index contributed by atoms with van der Waals surface area (Å²) < 4.78 is 0. The number of nitrogens with two attached hydrogens (primary N) is 1. The minimum Gasteiger partial charge on any atom is -0.397 e. The second-order valence-electron chi connectivity index (χ2n) is 8.35. The highest BCUT2D eigenvalue weighted by Crippen LogP contribution is 2.31. The molecule has 0 bridgehead atoms. The third-order valence-electron chi connectivity index (χ3n) is 4.92. The van der Waals surface area contributed by atoms with Crippen molar-refractivity contribution in [3.8, 4) is 22.6 Å². The predicted octanol–water partition coefficient (Wildman–Crippen LogP) is 5.68. The summed E-state index contributed by atoms with van der Waals surface area (Å²) in [5.74, 6) is 0.707. The number of aromatic amines is 1. The lowest BCUT2D eigenvalue weighted by molar-refractivity contribution is 0.565. The molecule has 3 N–H and O–H groups in total. The van der Waals surface area contributed by atoms with Crippen LogP contribution in [0.1, 0.15) is 39.8 Å². The summed E-state index contributed by atoms with van der Waals surface area (Å²) in [7, 11) is 0. The SMILES string of the molecule is CC/C=N/c1ccc(-c2ccc3[nH]c(-c4cnc(C(C)(C)C)cn4)nc3c2)cc1N. The summed E-state index contributed by atoms with van der Waals surface area (Å²) in [6, 6.07) is 12.1. The van der Waals surface area contributed by atoms with E-state index < -0.39 is 0 Å². The van der Waals surface area contributed by atoms with Crippen LogP contribution in [0, 0.1) is 0 Å². The van der Waals surface area contributed by atoms with Crippen LogP contribution in [0.15, 0.2) is 53.8 Å². The van der Waals surface area contributed by atoms with Crippen LogP contribution in [0.2, 0.25) is 0 Å². The normalized spacial score (nSPS) is 12.1. The summed E-state index contributed by atoms with van der Waals surface area (Å²) >= 11 is 0. The summed E-state index contributed by atoms with van der Waals surface area (Å²) in [6.45, 7) is 8.41. The van der Waals surface area contributed by atoms with Gasteiger partial charge in [-0.2, -0.15) is 0 Å². The van der Waals surface area contributed by atoms with E-state index in [0.29, 0.717) is 11.5 Å². The molecule has 4 aromatic rings. The molecule has 0 saturated carbocycles. The van der Waals surface area contributed by atoms with Crippen molar-refractivity contribution in [2.75, 3.05) is 5.73 Å². The Balaban J connectivity index is 1.66. The minimum atomic E-state index is -0.0342.